The Balaban J connectivity index is 2.44. The van der Waals surface area contributed by atoms with E-state index in [1.165, 1.54) is 0 Å². The van der Waals surface area contributed by atoms with Crippen LogP contribution in [0.1, 0.15) is 25.8 Å². The number of imidazole rings is 1. The molecule has 1 aromatic carbocycles. The van der Waals surface area contributed by atoms with Gasteiger partial charge in [0.05, 0.1) is 0 Å². The number of carbonyl (C=O) groups is 1. The number of nitrogen functional groups attached to an aromatic ring is 1. The van der Waals surface area contributed by atoms with E-state index in [-0.39, 0.29) is 0 Å². The lowest BCUT2D eigenvalue weighted by atomic mass is 10.1. The second kappa shape index (κ2) is 5.56. The number of nitrogens with two attached hydrogens (primary N) is 1. The van der Waals surface area contributed by atoms with Gasteiger partial charge in [0.2, 0.25) is 0 Å². The second-order valence-corrected chi connectivity index (χ2v) is 4.43. The molecule has 1 aromatic heterocycles. The van der Waals surface area contributed by atoms with Crippen LogP contribution in [-0.4, -0.2) is 20.6 Å². The number of aliphatic carboxylic acids is 1. The predicted molar refractivity (Wildman–Crippen MR) is 73.7 cm³/mol. The van der Waals surface area contributed by atoms with Crippen molar-refractivity contribution >= 4 is 11.7 Å². The third-order valence-corrected chi connectivity index (χ3v) is 3.00. The SMILES string of the molecule is CCCC(C(=O)O)n1ccnc1-c1cccc(N)c1. The topological polar surface area (TPSA) is 81.1 Å². The maximum absolute atomic E-state index is 11.4. The first-order chi connectivity index (χ1) is 9.13. The largest absolute Gasteiger partial charge is 0.480 e. The number of carboxylic acids is 1. The number of rotatable bonds is 5. The summed E-state index contributed by atoms with van der Waals surface area (Å²) >= 11 is 0. The van der Waals surface area contributed by atoms with Gasteiger partial charge in [-0.2, -0.15) is 0 Å². The smallest absolute Gasteiger partial charge is 0.326 e. The molecule has 19 heavy (non-hydrogen) atoms. The number of hydrogen-bond donors (Lipinski definition) is 2. The first-order valence-electron chi connectivity index (χ1n) is 6.25. The zero-order valence-electron chi connectivity index (χ0n) is 10.8. The van der Waals surface area contributed by atoms with Crippen molar-refractivity contribution in [1.82, 2.24) is 9.55 Å². The van der Waals surface area contributed by atoms with Gasteiger partial charge in [-0.15, -0.1) is 0 Å². The van der Waals surface area contributed by atoms with Crippen molar-refractivity contribution in [1.29, 1.82) is 0 Å². The Morgan fingerprint density at radius 2 is 2.32 bits per heavy atom. The quantitative estimate of drug-likeness (QED) is 0.808. The molecule has 1 unspecified atom stereocenters. The van der Waals surface area contributed by atoms with E-state index in [9.17, 15) is 9.90 Å². The Kier molecular flexibility index (Phi) is 3.85. The molecular weight excluding hydrogens is 242 g/mol. The highest BCUT2D eigenvalue weighted by atomic mass is 16.4. The van der Waals surface area contributed by atoms with Crippen LogP contribution >= 0.6 is 0 Å². The molecule has 0 amide bonds. The van der Waals surface area contributed by atoms with Gasteiger partial charge in [-0.25, -0.2) is 9.78 Å². The first-order valence-corrected chi connectivity index (χ1v) is 6.25. The van der Waals surface area contributed by atoms with Crippen molar-refractivity contribution in [2.75, 3.05) is 5.73 Å². The van der Waals surface area contributed by atoms with Gasteiger partial charge in [0.1, 0.15) is 11.9 Å². The molecule has 3 N–H and O–H groups in total. The van der Waals surface area contributed by atoms with Gasteiger partial charge in [0, 0.05) is 23.6 Å². The van der Waals surface area contributed by atoms with E-state index >= 15 is 0 Å². The molecule has 1 heterocycles. The van der Waals surface area contributed by atoms with Crippen LogP contribution in [0.2, 0.25) is 0 Å². The highest BCUT2D eigenvalue weighted by Crippen LogP contribution is 2.25. The molecule has 0 saturated heterocycles. The van der Waals surface area contributed by atoms with Gasteiger partial charge in [-0.3, -0.25) is 0 Å². The van der Waals surface area contributed by atoms with Crippen LogP contribution in [-0.2, 0) is 4.79 Å². The number of benzene rings is 1. The van der Waals surface area contributed by atoms with Crippen LogP contribution in [0.3, 0.4) is 0 Å². The van der Waals surface area contributed by atoms with Crippen molar-refractivity contribution in [3.05, 3.63) is 36.7 Å². The number of hydrogen-bond acceptors (Lipinski definition) is 3. The molecule has 0 aliphatic rings. The molecule has 2 aromatic rings. The third-order valence-electron chi connectivity index (χ3n) is 3.00. The Hall–Kier alpha value is -2.30. The van der Waals surface area contributed by atoms with Crippen LogP contribution in [0.25, 0.3) is 11.4 Å². The van der Waals surface area contributed by atoms with E-state index < -0.39 is 12.0 Å². The molecule has 0 fully saturated rings. The van der Waals surface area contributed by atoms with Crippen molar-refractivity contribution in [2.45, 2.75) is 25.8 Å². The van der Waals surface area contributed by atoms with Crippen molar-refractivity contribution < 1.29 is 9.90 Å². The average molecular weight is 259 g/mol. The van der Waals surface area contributed by atoms with Crippen molar-refractivity contribution in [2.24, 2.45) is 0 Å². The monoisotopic (exact) mass is 259 g/mol. The van der Waals surface area contributed by atoms with Gasteiger partial charge in [0.25, 0.3) is 0 Å². The first kappa shape index (κ1) is 13.1. The summed E-state index contributed by atoms with van der Waals surface area (Å²) in [6, 6.07) is 6.70. The minimum Gasteiger partial charge on any atom is -0.480 e. The molecule has 1 atom stereocenters. The minimum atomic E-state index is -0.843. The summed E-state index contributed by atoms with van der Waals surface area (Å²) in [4.78, 5) is 15.6. The van der Waals surface area contributed by atoms with Crippen LogP contribution in [0.15, 0.2) is 36.7 Å². The zero-order chi connectivity index (χ0) is 13.8. The Labute approximate surface area is 111 Å². The Morgan fingerprint density at radius 1 is 1.53 bits per heavy atom. The summed E-state index contributed by atoms with van der Waals surface area (Å²) in [6.07, 6.45) is 4.68. The number of anilines is 1. The fourth-order valence-electron chi connectivity index (χ4n) is 2.12. The minimum absolute atomic E-state index is 0.570. The van der Waals surface area contributed by atoms with Crippen LogP contribution < -0.4 is 5.73 Å². The molecular formula is C14H17N3O2. The highest BCUT2D eigenvalue weighted by molar-refractivity contribution is 5.73. The number of aromatic nitrogens is 2. The lowest BCUT2D eigenvalue weighted by Gasteiger charge is -2.16. The van der Waals surface area contributed by atoms with Gasteiger partial charge >= 0.3 is 5.97 Å². The molecule has 0 radical (unpaired) electrons. The van der Waals surface area contributed by atoms with Crippen LogP contribution in [0.5, 0.6) is 0 Å². The Morgan fingerprint density at radius 3 is 2.95 bits per heavy atom. The molecule has 2 rings (SSSR count). The second-order valence-electron chi connectivity index (χ2n) is 4.43. The molecule has 5 heteroatoms. The van der Waals surface area contributed by atoms with Gasteiger partial charge in [-0.05, 0) is 18.6 Å². The number of nitrogens with zero attached hydrogens (tertiary/aromatic N) is 2. The molecule has 100 valence electrons. The highest BCUT2D eigenvalue weighted by Gasteiger charge is 2.21. The lowest BCUT2D eigenvalue weighted by Crippen LogP contribution is -2.19. The average Bonchev–Trinajstić information content (AvgIpc) is 2.84. The standard InChI is InChI=1S/C14H17N3O2/c1-2-4-12(14(18)19)17-8-7-16-13(17)10-5-3-6-11(15)9-10/h3,5-9,12H,2,4,15H2,1H3,(H,18,19). The number of carboxylic acid groups (broad SMARTS) is 1. The van der Waals surface area contributed by atoms with E-state index in [1.807, 2.05) is 19.1 Å². The Bertz CT molecular complexity index is 578. The molecule has 5 nitrogen and oxygen atoms in total. The molecule has 0 spiro atoms. The van der Waals surface area contributed by atoms with Crippen LogP contribution in [0.4, 0.5) is 5.69 Å². The zero-order valence-corrected chi connectivity index (χ0v) is 10.8. The summed E-state index contributed by atoms with van der Waals surface area (Å²) in [5.74, 6) is -0.210. The maximum Gasteiger partial charge on any atom is 0.326 e. The maximum atomic E-state index is 11.4. The lowest BCUT2D eigenvalue weighted by molar-refractivity contribution is -0.141. The van der Waals surface area contributed by atoms with E-state index in [4.69, 9.17) is 5.73 Å². The fraction of sp³-hybridized carbons (Fsp3) is 0.286. The van der Waals surface area contributed by atoms with E-state index in [0.29, 0.717) is 17.9 Å². The summed E-state index contributed by atoms with van der Waals surface area (Å²) in [5, 5.41) is 9.33. The fourth-order valence-corrected chi connectivity index (χ4v) is 2.12. The van der Waals surface area contributed by atoms with Gasteiger partial charge < -0.3 is 15.4 Å². The molecule has 0 bridgehead atoms. The van der Waals surface area contributed by atoms with Gasteiger partial charge in [-0.1, -0.05) is 25.5 Å². The third kappa shape index (κ3) is 2.76. The molecule has 0 aliphatic carbocycles. The van der Waals surface area contributed by atoms with Gasteiger partial charge in [0.15, 0.2) is 0 Å². The summed E-state index contributed by atoms with van der Waals surface area (Å²) in [7, 11) is 0. The molecule has 0 aliphatic heterocycles. The predicted octanol–water partition coefficient (Wildman–Crippen LogP) is 2.56. The molecule has 0 saturated carbocycles. The summed E-state index contributed by atoms with van der Waals surface area (Å²) < 4.78 is 1.70. The summed E-state index contributed by atoms with van der Waals surface area (Å²) in [5.41, 5.74) is 7.22. The van der Waals surface area contributed by atoms with E-state index in [2.05, 4.69) is 4.98 Å². The van der Waals surface area contributed by atoms with Crippen molar-refractivity contribution in [3.8, 4) is 11.4 Å². The summed E-state index contributed by atoms with van der Waals surface area (Å²) in [6.45, 7) is 1.97. The van der Waals surface area contributed by atoms with E-state index in [0.717, 1.165) is 12.0 Å². The normalized spacial score (nSPS) is 12.3. The van der Waals surface area contributed by atoms with Crippen molar-refractivity contribution in [3.63, 3.8) is 0 Å². The van der Waals surface area contributed by atoms with E-state index in [1.54, 1.807) is 29.1 Å². The van der Waals surface area contributed by atoms with Crippen LogP contribution in [0, 0.1) is 0 Å².